The van der Waals surface area contributed by atoms with Gasteiger partial charge in [0.05, 0.1) is 28.9 Å². The Bertz CT molecular complexity index is 978. The number of nitrogens with zero attached hydrogens (tertiary/aromatic N) is 1. The van der Waals surface area contributed by atoms with Crippen LogP contribution in [0.4, 0.5) is 5.69 Å². The molecule has 2 aromatic rings. The van der Waals surface area contributed by atoms with E-state index in [4.69, 9.17) is 9.47 Å². The van der Waals surface area contributed by atoms with E-state index in [9.17, 15) is 18.3 Å². The molecule has 1 aliphatic rings. The molecule has 2 aromatic carbocycles. The van der Waals surface area contributed by atoms with Crippen molar-refractivity contribution < 1.29 is 27.8 Å². The molecule has 1 unspecified atom stereocenters. The molecule has 0 aliphatic carbocycles. The third kappa shape index (κ3) is 6.19. The van der Waals surface area contributed by atoms with Gasteiger partial charge in [-0.15, -0.1) is 0 Å². The Hall–Kier alpha value is -2.62. The van der Waals surface area contributed by atoms with E-state index in [0.717, 1.165) is 0 Å². The topological polar surface area (TPSA) is 105 Å². The standard InChI is InChI=1S/C22H28N2O6S/c1-2-29-14-15-30-18-9-11-19(12-10-18)31(27,28)23-21-8-4-3-7-20(21)22(26)24-13-5-6-17(25)16-24/h3-4,7-12,17,23,25H,2,5-6,13-16H2,1H3. The van der Waals surface area contributed by atoms with Crippen molar-refractivity contribution in [3.8, 4) is 5.75 Å². The number of sulfonamides is 1. The molecule has 1 fully saturated rings. The Balaban J connectivity index is 1.72. The summed E-state index contributed by atoms with van der Waals surface area (Å²) in [6.07, 6.45) is 0.805. The summed E-state index contributed by atoms with van der Waals surface area (Å²) < 4.78 is 39.0. The summed E-state index contributed by atoms with van der Waals surface area (Å²) in [7, 11) is -3.91. The first-order valence-corrected chi connectivity index (χ1v) is 11.8. The van der Waals surface area contributed by atoms with Gasteiger partial charge in [-0.1, -0.05) is 12.1 Å². The number of aliphatic hydroxyl groups excluding tert-OH is 1. The van der Waals surface area contributed by atoms with E-state index in [-0.39, 0.29) is 28.6 Å². The molecule has 9 heteroatoms. The van der Waals surface area contributed by atoms with Crippen molar-refractivity contribution >= 4 is 21.6 Å². The van der Waals surface area contributed by atoms with Crippen LogP contribution in [0.25, 0.3) is 0 Å². The highest BCUT2D eigenvalue weighted by molar-refractivity contribution is 7.92. The van der Waals surface area contributed by atoms with Crippen LogP contribution in [0.1, 0.15) is 30.1 Å². The smallest absolute Gasteiger partial charge is 0.261 e. The van der Waals surface area contributed by atoms with Crippen molar-refractivity contribution in [1.29, 1.82) is 0 Å². The SMILES string of the molecule is CCOCCOc1ccc(S(=O)(=O)Nc2ccccc2C(=O)N2CCCC(O)C2)cc1. The second-order valence-electron chi connectivity index (χ2n) is 7.22. The van der Waals surface area contributed by atoms with Gasteiger partial charge in [0.25, 0.3) is 15.9 Å². The fraction of sp³-hybridized carbons (Fsp3) is 0.409. The third-order valence-electron chi connectivity index (χ3n) is 4.92. The van der Waals surface area contributed by atoms with Crippen molar-refractivity contribution in [3.63, 3.8) is 0 Å². The number of likely N-dealkylation sites (tertiary alicyclic amines) is 1. The fourth-order valence-electron chi connectivity index (χ4n) is 3.35. The van der Waals surface area contributed by atoms with Gasteiger partial charge < -0.3 is 19.5 Å². The first-order chi connectivity index (χ1) is 14.9. The van der Waals surface area contributed by atoms with Crippen LogP contribution in [-0.4, -0.2) is 63.3 Å². The Morgan fingerprint density at radius 3 is 2.61 bits per heavy atom. The van der Waals surface area contributed by atoms with Gasteiger partial charge in [0.1, 0.15) is 12.4 Å². The molecule has 1 atom stereocenters. The highest BCUT2D eigenvalue weighted by atomic mass is 32.2. The van der Waals surface area contributed by atoms with Crippen LogP contribution in [0.2, 0.25) is 0 Å². The summed E-state index contributed by atoms with van der Waals surface area (Å²) >= 11 is 0. The van der Waals surface area contributed by atoms with Crippen LogP contribution in [0.5, 0.6) is 5.75 Å². The third-order valence-corrected chi connectivity index (χ3v) is 6.30. The van der Waals surface area contributed by atoms with Crippen molar-refractivity contribution in [1.82, 2.24) is 4.90 Å². The van der Waals surface area contributed by atoms with Gasteiger partial charge in [0.15, 0.2) is 0 Å². The predicted molar refractivity (Wildman–Crippen MR) is 117 cm³/mol. The molecule has 0 saturated carbocycles. The first kappa shape index (κ1) is 23.1. The Kier molecular flexibility index (Phi) is 7.89. The summed E-state index contributed by atoms with van der Waals surface area (Å²) in [4.78, 5) is 14.5. The molecule has 168 valence electrons. The lowest BCUT2D eigenvalue weighted by Crippen LogP contribution is -2.42. The normalized spacial score (nSPS) is 16.7. The molecular formula is C22H28N2O6S. The average molecular weight is 449 g/mol. The Morgan fingerprint density at radius 2 is 1.90 bits per heavy atom. The minimum atomic E-state index is -3.91. The van der Waals surface area contributed by atoms with E-state index in [1.54, 1.807) is 41.3 Å². The molecule has 1 saturated heterocycles. The molecule has 1 amide bonds. The zero-order chi connectivity index (χ0) is 22.3. The number of β-amino-alcohol motifs (C(OH)–C–C–N with tert-alkyl or cyclic N) is 1. The summed E-state index contributed by atoms with van der Waals surface area (Å²) in [5, 5.41) is 9.86. The number of hydrogen-bond donors (Lipinski definition) is 2. The molecule has 1 heterocycles. The molecule has 31 heavy (non-hydrogen) atoms. The number of carbonyl (C=O) groups is 1. The van der Waals surface area contributed by atoms with E-state index >= 15 is 0 Å². The molecule has 1 aliphatic heterocycles. The highest BCUT2D eigenvalue weighted by Gasteiger charge is 2.26. The number of hydrogen-bond acceptors (Lipinski definition) is 6. The molecule has 8 nitrogen and oxygen atoms in total. The average Bonchev–Trinajstić information content (AvgIpc) is 2.77. The first-order valence-electron chi connectivity index (χ1n) is 10.3. The van der Waals surface area contributed by atoms with Gasteiger partial charge in [-0.3, -0.25) is 9.52 Å². The van der Waals surface area contributed by atoms with Crippen LogP contribution in [0.3, 0.4) is 0 Å². The number of ether oxygens (including phenoxy) is 2. The maximum Gasteiger partial charge on any atom is 0.261 e. The largest absolute Gasteiger partial charge is 0.491 e. The molecular weight excluding hydrogens is 420 g/mol. The molecule has 0 bridgehead atoms. The maximum absolute atomic E-state index is 12.9. The second-order valence-corrected chi connectivity index (χ2v) is 8.90. The number of anilines is 1. The molecule has 0 aromatic heterocycles. The summed E-state index contributed by atoms with van der Waals surface area (Å²) in [5.74, 6) is 0.230. The zero-order valence-corrected chi connectivity index (χ0v) is 18.3. The Morgan fingerprint density at radius 1 is 1.16 bits per heavy atom. The lowest BCUT2D eigenvalue weighted by molar-refractivity contribution is 0.0474. The molecule has 0 spiro atoms. The molecule has 0 radical (unpaired) electrons. The quantitative estimate of drug-likeness (QED) is 0.571. The Labute approximate surface area is 182 Å². The van der Waals surface area contributed by atoms with E-state index in [1.807, 2.05) is 6.92 Å². The van der Waals surface area contributed by atoms with E-state index in [2.05, 4.69) is 4.72 Å². The maximum atomic E-state index is 12.9. The lowest BCUT2D eigenvalue weighted by atomic mass is 10.1. The number of carbonyl (C=O) groups excluding carboxylic acids is 1. The number of para-hydroxylation sites is 1. The van der Waals surface area contributed by atoms with Crippen LogP contribution in [-0.2, 0) is 14.8 Å². The molecule has 2 N–H and O–H groups in total. The number of piperidine rings is 1. The van der Waals surface area contributed by atoms with Gasteiger partial charge in [-0.2, -0.15) is 0 Å². The number of nitrogens with one attached hydrogen (secondary N) is 1. The fourth-order valence-corrected chi connectivity index (χ4v) is 4.43. The monoisotopic (exact) mass is 448 g/mol. The van der Waals surface area contributed by atoms with Gasteiger partial charge >= 0.3 is 0 Å². The second kappa shape index (κ2) is 10.6. The molecule has 3 rings (SSSR count). The number of benzene rings is 2. The highest BCUT2D eigenvalue weighted by Crippen LogP contribution is 2.24. The van der Waals surface area contributed by atoms with E-state index in [1.165, 1.54) is 12.1 Å². The predicted octanol–water partition coefficient (Wildman–Crippen LogP) is 2.50. The summed E-state index contributed by atoms with van der Waals surface area (Å²) in [6, 6.07) is 12.5. The van der Waals surface area contributed by atoms with Crippen molar-refractivity contribution in [2.24, 2.45) is 0 Å². The van der Waals surface area contributed by atoms with Crippen molar-refractivity contribution in [3.05, 3.63) is 54.1 Å². The minimum absolute atomic E-state index is 0.0558. The number of rotatable bonds is 9. The minimum Gasteiger partial charge on any atom is -0.491 e. The van der Waals surface area contributed by atoms with E-state index in [0.29, 0.717) is 45.0 Å². The van der Waals surface area contributed by atoms with E-state index < -0.39 is 16.1 Å². The van der Waals surface area contributed by atoms with Crippen molar-refractivity contribution in [2.45, 2.75) is 30.8 Å². The summed E-state index contributed by atoms with van der Waals surface area (Å²) in [5.41, 5.74) is 0.445. The van der Waals surface area contributed by atoms with Crippen LogP contribution >= 0.6 is 0 Å². The van der Waals surface area contributed by atoms with Crippen LogP contribution in [0, 0.1) is 0 Å². The van der Waals surface area contributed by atoms with Gasteiger partial charge in [-0.25, -0.2) is 8.42 Å². The van der Waals surface area contributed by atoms with Gasteiger partial charge in [-0.05, 0) is 56.2 Å². The zero-order valence-electron chi connectivity index (χ0n) is 17.5. The van der Waals surface area contributed by atoms with Crippen LogP contribution < -0.4 is 9.46 Å². The van der Waals surface area contributed by atoms with Gasteiger partial charge in [0, 0.05) is 19.7 Å². The van der Waals surface area contributed by atoms with Crippen LogP contribution in [0.15, 0.2) is 53.4 Å². The number of aliphatic hydroxyl groups is 1. The number of amides is 1. The van der Waals surface area contributed by atoms with Crippen molar-refractivity contribution in [2.75, 3.05) is 37.6 Å². The van der Waals surface area contributed by atoms with Gasteiger partial charge in [0.2, 0.25) is 0 Å². The summed E-state index contributed by atoms with van der Waals surface area (Å²) in [6.45, 7) is 4.10. The lowest BCUT2D eigenvalue weighted by Gasteiger charge is -2.30.